The standard InChI is InChI=1S/C21H24N4O5/c26-21(27)22-11-13-30-12-5-4-8-20-23-18-14-17(25(28)29)9-10-19(18)24(20)15-16-6-2-1-3-7-16/h1-3,6-7,9-10,14,22H,4-5,8,11-13,15H2,(H,26,27). The van der Waals surface area contributed by atoms with Crippen molar-refractivity contribution in [1.29, 1.82) is 0 Å². The Hall–Kier alpha value is -3.46. The molecule has 9 heteroatoms. The minimum Gasteiger partial charge on any atom is -0.465 e. The highest BCUT2D eigenvalue weighted by Gasteiger charge is 2.15. The summed E-state index contributed by atoms with van der Waals surface area (Å²) in [6, 6.07) is 14.8. The normalized spacial score (nSPS) is 10.9. The number of carboxylic acid groups (broad SMARTS) is 1. The summed E-state index contributed by atoms with van der Waals surface area (Å²) >= 11 is 0. The molecule has 3 aromatic rings. The topological polar surface area (TPSA) is 120 Å². The van der Waals surface area contributed by atoms with Crippen LogP contribution in [0.3, 0.4) is 0 Å². The maximum Gasteiger partial charge on any atom is 0.404 e. The second-order valence-electron chi connectivity index (χ2n) is 6.83. The van der Waals surface area contributed by atoms with Gasteiger partial charge in [0, 0.05) is 38.2 Å². The molecule has 9 nitrogen and oxygen atoms in total. The molecule has 0 saturated carbocycles. The Morgan fingerprint density at radius 2 is 1.97 bits per heavy atom. The number of amides is 1. The summed E-state index contributed by atoms with van der Waals surface area (Å²) in [5.41, 5.74) is 2.65. The fourth-order valence-electron chi connectivity index (χ4n) is 3.23. The second-order valence-corrected chi connectivity index (χ2v) is 6.83. The Morgan fingerprint density at radius 1 is 1.17 bits per heavy atom. The molecule has 0 unspecified atom stereocenters. The number of nitrogens with one attached hydrogen (secondary N) is 1. The van der Waals surface area contributed by atoms with Gasteiger partial charge < -0.3 is 19.7 Å². The molecule has 30 heavy (non-hydrogen) atoms. The van der Waals surface area contributed by atoms with Gasteiger partial charge in [0.2, 0.25) is 0 Å². The third kappa shape index (κ3) is 5.77. The zero-order chi connectivity index (χ0) is 21.3. The first kappa shape index (κ1) is 21.3. The summed E-state index contributed by atoms with van der Waals surface area (Å²) in [6.07, 6.45) is 1.30. The predicted octanol–water partition coefficient (Wildman–Crippen LogP) is 3.60. The van der Waals surface area contributed by atoms with Crippen molar-refractivity contribution in [2.24, 2.45) is 0 Å². The number of unbranched alkanes of at least 4 members (excludes halogenated alkanes) is 1. The minimum atomic E-state index is -1.06. The number of hydrogen-bond donors (Lipinski definition) is 2. The summed E-state index contributed by atoms with van der Waals surface area (Å²) < 4.78 is 7.52. The largest absolute Gasteiger partial charge is 0.465 e. The molecule has 2 aromatic carbocycles. The zero-order valence-corrected chi connectivity index (χ0v) is 16.5. The van der Waals surface area contributed by atoms with E-state index in [0.717, 1.165) is 29.7 Å². The van der Waals surface area contributed by atoms with E-state index in [2.05, 4.69) is 14.9 Å². The molecule has 2 N–H and O–H groups in total. The van der Waals surface area contributed by atoms with Crippen LogP contribution in [0.15, 0.2) is 48.5 Å². The van der Waals surface area contributed by atoms with E-state index in [-0.39, 0.29) is 12.2 Å². The number of nitro benzene ring substituents is 1. The Bertz CT molecular complexity index is 1000. The van der Waals surface area contributed by atoms with Gasteiger partial charge in [-0.05, 0) is 24.5 Å². The van der Waals surface area contributed by atoms with Crippen molar-refractivity contribution in [2.45, 2.75) is 25.8 Å². The second kappa shape index (κ2) is 10.4. The van der Waals surface area contributed by atoms with E-state index in [4.69, 9.17) is 9.84 Å². The van der Waals surface area contributed by atoms with Crippen LogP contribution in [0.2, 0.25) is 0 Å². The smallest absolute Gasteiger partial charge is 0.404 e. The average Bonchev–Trinajstić information content (AvgIpc) is 3.07. The molecule has 3 rings (SSSR count). The number of hydrogen-bond acceptors (Lipinski definition) is 5. The van der Waals surface area contributed by atoms with Gasteiger partial charge in [-0.2, -0.15) is 0 Å². The van der Waals surface area contributed by atoms with Gasteiger partial charge >= 0.3 is 6.09 Å². The lowest BCUT2D eigenvalue weighted by Gasteiger charge is -2.10. The van der Waals surface area contributed by atoms with Crippen LogP contribution < -0.4 is 5.32 Å². The number of aryl methyl sites for hydroxylation is 1. The lowest BCUT2D eigenvalue weighted by molar-refractivity contribution is -0.384. The van der Waals surface area contributed by atoms with Crippen molar-refractivity contribution in [3.63, 3.8) is 0 Å². The summed E-state index contributed by atoms with van der Waals surface area (Å²) in [4.78, 5) is 25.7. The molecule has 0 bridgehead atoms. The lowest BCUT2D eigenvalue weighted by Crippen LogP contribution is -2.25. The van der Waals surface area contributed by atoms with Crippen LogP contribution in [0.25, 0.3) is 11.0 Å². The third-order valence-electron chi connectivity index (χ3n) is 4.67. The minimum absolute atomic E-state index is 0.0294. The molecule has 0 saturated heterocycles. The van der Waals surface area contributed by atoms with E-state index in [0.29, 0.717) is 31.7 Å². The molecule has 1 heterocycles. The number of nitro groups is 1. The van der Waals surface area contributed by atoms with Crippen molar-refractivity contribution < 1.29 is 19.6 Å². The number of ether oxygens (including phenoxy) is 1. The van der Waals surface area contributed by atoms with Gasteiger partial charge in [0.25, 0.3) is 5.69 Å². The number of imidazole rings is 1. The monoisotopic (exact) mass is 412 g/mol. The van der Waals surface area contributed by atoms with Crippen LogP contribution in [0.1, 0.15) is 24.2 Å². The quantitative estimate of drug-likeness (QED) is 0.282. The first-order chi connectivity index (χ1) is 14.5. The van der Waals surface area contributed by atoms with E-state index >= 15 is 0 Å². The van der Waals surface area contributed by atoms with E-state index in [1.807, 2.05) is 30.3 Å². The van der Waals surface area contributed by atoms with Gasteiger partial charge in [0.1, 0.15) is 5.82 Å². The molecule has 0 aliphatic carbocycles. The fourth-order valence-corrected chi connectivity index (χ4v) is 3.23. The Labute approximate surface area is 173 Å². The van der Waals surface area contributed by atoms with Crippen LogP contribution in [-0.4, -0.2) is 45.4 Å². The predicted molar refractivity (Wildman–Crippen MR) is 112 cm³/mol. The first-order valence-corrected chi connectivity index (χ1v) is 9.76. The molecule has 1 amide bonds. The van der Waals surface area contributed by atoms with Crippen LogP contribution in [0.5, 0.6) is 0 Å². The van der Waals surface area contributed by atoms with Gasteiger partial charge in [-0.15, -0.1) is 0 Å². The molecule has 1 aromatic heterocycles. The van der Waals surface area contributed by atoms with Crippen molar-refractivity contribution in [3.05, 3.63) is 70.0 Å². The number of aromatic nitrogens is 2. The van der Waals surface area contributed by atoms with E-state index in [9.17, 15) is 14.9 Å². The van der Waals surface area contributed by atoms with Crippen LogP contribution in [0, 0.1) is 10.1 Å². The molecular weight excluding hydrogens is 388 g/mol. The Kier molecular flexibility index (Phi) is 7.34. The molecule has 0 atom stereocenters. The van der Waals surface area contributed by atoms with Gasteiger partial charge in [0.15, 0.2) is 0 Å². The molecule has 0 aliphatic rings. The summed E-state index contributed by atoms with van der Waals surface area (Å²) in [7, 11) is 0. The highest BCUT2D eigenvalue weighted by molar-refractivity contribution is 5.79. The van der Waals surface area contributed by atoms with Crippen molar-refractivity contribution in [3.8, 4) is 0 Å². The highest BCUT2D eigenvalue weighted by atomic mass is 16.6. The molecule has 0 aliphatic heterocycles. The van der Waals surface area contributed by atoms with Gasteiger partial charge in [-0.1, -0.05) is 30.3 Å². The lowest BCUT2D eigenvalue weighted by atomic mass is 10.2. The zero-order valence-electron chi connectivity index (χ0n) is 16.5. The number of nitrogens with zero attached hydrogens (tertiary/aromatic N) is 3. The number of carbonyl (C=O) groups is 1. The third-order valence-corrected chi connectivity index (χ3v) is 4.67. The highest BCUT2D eigenvalue weighted by Crippen LogP contribution is 2.24. The molecule has 0 spiro atoms. The average molecular weight is 412 g/mol. The number of fused-ring (bicyclic) bond motifs is 1. The maximum absolute atomic E-state index is 11.1. The number of benzene rings is 2. The Balaban J connectivity index is 1.66. The van der Waals surface area contributed by atoms with Crippen molar-refractivity contribution in [2.75, 3.05) is 19.8 Å². The van der Waals surface area contributed by atoms with E-state index in [1.165, 1.54) is 12.1 Å². The van der Waals surface area contributed by atoms with Gasteiger partial charge in [-0.3, -0.25) is 10.1 Å². The van der Waals surface area contributed by atoms with Crippen molar-refractivity contribution in [1.82, 2.24) is 14.9 Å². The molecule has 158 valence electrons. The van der Waals surface area contributed by atoms with Gasteiger partial charge in [-0.25, -0.2) is 9.78 Å². The van der Waals surface area contributed by atoms with Crippen LogP contribution in [-0.2, 0) is 17.7 Å². The molecular formula is C21H24N4O5. The summed E-state index contributed by atoms with van der Waals surface area (Å²) in [6.45, 7) is 1.77. The molecule has 0 radical (unpaired) electrons. The van der Waals surface area contributed by atoms with Crippen LogP contribution >= 0.6 is 0 Å². The number of rotatable bonds is 11. The summed E-state index contributed by atoms with van der Waals surface area (Å²) in [5.74, 6) is 0.877. The first-order valence-electron chi connectivity index (χ1n) is 9.76. The fraction of sp³-hybridized carbons (Fsp3) is 0.333. The van der Waals surface area contributed by atoms with Crippen LogP contribution in [0.4, 0.5) is 10.5 Å². The van der Waals surface area contributed by atoms with E-state index < -0.39 is 11.0 Å². The number of non-ortho nitro benzene ring substituents is 1. The van der Waals surface area contributed by atoms with Crippen molar-refractivity contribution >= 4 is 22.8 Å². The summed E-state index contributed by atoms with van der Waals surface area (Å²) in [5, 5.41) is 21.9. The van der Waals surface area contributed by atoms with E-state index in [1.54, 1.807) is 6.07 Å². The SMILES string of the molecule is O=C(O)NCCOCCCCc1nc2cc([N+](=O)[O-])ccc2n1Cc1ccccc1. The molecule has 0 fully saturated rings. The Morgan fingerprint density at radius 3 is 2.70 bits per heavy atom. The maximum atomic E-state index is 11.1. The van der Waals surface area contributed by atoms with Gasteiger partial charge in [0.05, 0.1) is 22.6 Å².